The third-order valence-corrected chi connectivity index (χ3v) is 4.29. The lowest BCUT2D eigenvalue weighted by Crippen LogP contribution is -2.14. The van der Waals surface area contributed by atoms with Crippen LogP contribution < -0.4 is 4.74 Å². The molecule has 0 fully saturated rings. The summed E-state index contributed by atoms with van der Waals surface area (Å²) in [6, 6.07) is 7.69. The van der Waals surface area contributed by atoms with Crippen LogP contribution in [0.25, 0.3) is 10.6 Å². The van der Waals surface area contributed by atoms with Crippen molar-refractivity contribution < 1.29 is 14.3 Å². The standard InChI is InChI=1S/C18H23NO3S/c1-11(2)10-15-16(18(20)22-12(3)4)19-17(23-15)13-6-8-14(21-5)9-7-13/h6-9,11-12H,10H2,1-5H3. The van der Waals surface area contributed by atoms with Crippen molar-refractivity contribution in [2.45, 2.75) is 40.2 Å². The average Bonchev–Trinajstić information content (AvgIpc) is 2.90. The van der Waals surface area contributed by atoms with E-state index in [2.05, 4.69) is 18.8 Å². The van der Waals surface area contributed by atoms with E-state index in [0.717, 1.165) is 27.6 Å². The molecule has 0 radical (unpaired) electrons. The molecule has 0 aliphatic carbocycles. The smallest absolute Gasteiger partial charge is 0.358 e. The lowest BCUT2D eigenvalue weighted by Gasteiger charge is -2.08. The molecule has 0 amide bonds. The van der Waals surface area contributed by atoms with Crippen molar-refractivity contribution in [1.82, 2.24) is 4.98 Å². The number of thiazole rings is 1. The van der Waals surface area contributed by atoms with E-state index >= 15 is 0 Å². The first-order chi connectivity index (χ1) is 10.9. The van der Waals surface area contributed by atoms with Gasteiger partial charge in [-0.05, 0) is 50.5 Å². The minimum absolute atomic E-state index is 0.152. The molecular formula is C18H23NO3S. The Morgan fingerprint density at radius 2 is 1.83 bits per heavy atom. The zero-order valence-corrected chi connectivity index (χ0v) is 15.1. The Bertz CT molecular complexity index is 659. The minimum atomic E-state index is -0.341. The Morgan fingerprint density at radius 1 is 1.17 bits per heavy atom. The van der Waals surface area contributed by atoms with Gasteiger partial charge in [-0.15, -0.1) is 11.3 Å². The third kappa shape index (κ3) is 4.55. The van der Waals surface area contributed by atoms with Crippen molar-refractivity contribution in [3.8, 4) is 16.3 Å². The van der Waals surface area contributed by atoms with Crippen molar-refractivity contribution in [2.75, 3.05) is 7.11 Å². The molecule has 1 aromatic heterocycles. The first kappa shape index (κ1) is 17.5. The number of carbonyl (C=O) groups excluding carboxylic acids is 1. The highest BCUT2D eigenvalue weighted by molar-refractivity contribution is 7.15. The van der Waals surface area contributed by atoms with E-state index in [1.807, 2.05) is 38.1 Å². The topological polar surface area (TPSA) is 48.4 Å². The predicted molar refractivity (Wildman–Crippen MR) is 93.2 cm³/mol. The van der Waals surface area contributed by atoms with Gasteiger partial charge in [-0.2, -0.15) is 0 Å². The zero-order chi connectivity index (χ0) is 17.0. The zero-order valence-electron chi connectivity index (χ0n) is 14.3. The molecule has 0 saturated heterocycles. The Kier molecular flexibility index (Phi) is 5.77. The molecule has 23 heavy (non-hydrogen) atoms. The van der Waals surface area contributed by atoms with Gasteiger partial charge in [-0.25, -0.2) is 9.78 Å². The molecule has 0 aliphatic heterocycles. The van der Waals surface area contributed by atoms with Crippen LogP contribution in [0.1, 0.15) is 43.1 Å². The summed E-state index contributed by atoms with van der Waals surface area (Å²) in [6.07, 6.45) is 0.664. The van der Waals surface area contributed by atoms with E-state index in [0.29, 0.717) is 11.6 Å². The monoisotopic (exact) mass is 333 g/mol. The van der Waals surface area contributed by atoms with Gasteiger partial charge in [0.1, 0.15) is 10.8 Å². The second kappa shape index (κ2) is 7.59. The number of ether oxygens (including phenoxy) is 2. The summed E-state index contributed by atoms with van der Waals surface area (Å²) in [6.45, 7) is 7.95. The number of esters is 1. The van der Waals surface area contributed by atoms with Gasteiger partial charge in [-0.3, -0.25) is 0 Å². The summed E-state index contributed by atoms with van der Waals surface area (Å²) in [5.41, 5.74) is 1.42. The van der Waals surface area contributed by atoms with Gasteiger partial charge >= 0.3 is 5.97 Å². The third-order valence-electron chi connectivity index (χ3n) is 3.16. The second-order valence-electron chi connectivity index (χ2n) is 6.07. The Balaban J connectivity index is 2.36. The highest BCUT2D eigenvalue weighted by Crippen LogP contribution is 2.31. The quantitative estimate of drug-likeness (QED) is 0.726. The number of aromatic nitrogens is 1. The van der Waals surface area contributed by atoms with E-state index in [9.17, 15) is 4.79 Å². The van der Waals surface area contributed by atoms with E-state index < -0.39 is 0 Å². The van der Waals surface area contributed by atoms with Gasteiger partial charge in [0.05, 0.1) is 13.2 Å². The van der Waals surface area contributed by atoms with Crippen LogP contribution in [0.3, 0.4) is 0 Å². The van der Waals surface area contributed by atoms with Gasteiger partial charge in [0.2, 0.25) is 0 Å². The summed E-state index contributed by atoms with van der Waals surface area (Å²) in [4.78, 5) is 17.8. The lowest BCUT2D eigenvalue weighted by molar-refractivity contribution is 0.0370. The Morgan fingerprint density at radius 3 is 2.35 bits per heavy atom. The number of hydrogen-bond donors (Lipinski definition) is 0. The number of nitrogens with zero attached hydrogens (tertiary/aromatic N) is 1. The van der Waals surface area contributed by atoms with Crippen LogP contribution in [0.5, 0.6) is 5.75 Å². The minimum Gasteiger partial charge on any atom is -0.497 e. The van der Waals surface area contributed by atoms with Crippen LogP contribution in [0.4, 0.5) is 0 Å². The van der Waals surface area contributed by atoms with E-state index in [4.69, 9.17) is 9.47 Å². The van der Waals surface area contributed by atoms with Gasteiger partial charge in [0, 0.05) is 10.4 Å². The first-order valence-electron chi connectivity index (χ1n) is 7.75. The largest absolute Gasteiger partial charge is 0.497 e. The molecule has 2 rings (SSSR count). The van der Waals surface area contributed by atoms with Crippen molar-refractivity contribution in [3.05, 3.63) is 34.8 Å². The van der Waals surface area contributed by atoms with Gasteiger partial charge < -0.3 is 9.47 Å². The number of benzene rings is 1. The van der Waals surface area contributed by atoms with Gasteiger partial charge in [0.25, 0.3) is 0 Å². The maximum atomic E-state index is 12.3. The van der Waals surface area contributed by atoms with Crippen LogP contribution in [0.2, 0.25) is 0 Å². The van der Waals surface area contributed by atoms with E-state index in [-0.39, 0.29) is 12.1 Å². The van der Waals surface area contributed by atoms with E-state index in [1.54, 1.807) is 18.4 Å². The SMILES string of the molecule is COc1ccc(-c2nc(C(=O)OC(C)C)c(CC(C)C)s2)cc1. The van der Waals surface area contributed by atoms with Gasteiger partial charge in [0.15, 0.2) is 5.69 Å². The van der Waals surface area contributed by atoms with Crippen molar-refractivity contribution in [3.63, 3.8) is 0 Å². The molecule has 0 bridgehead atoms. The Labute approximate surface area is 141 Å². The van der Waals surface area contributed by atoms with Crippen molar-refractivity contribution in [1.29, 1.82) is 0 Å². The number of rotatable bonds is 6. The van der Waals surface area contributed by atoms with Crippen molar-refractivity contribution in [2.24, 2.45) is 5.92 Å². The maximum Gasteiger partial charge on any atom is 0.358 e. The summed E-state index contributed by atoms with van der Waals surface area (Å²) < 4.78 is 10.5. The van der Waals surface area contributed by atoms with Crippen molar-refractivity contribution >= 4 is 17.3 Å². The molecular weight excluding hydrogens is 310 g/mol. The number of carbonyl (C=O) groups is 1. The molecule has 5 heteroatoms. The van der Waals surface area contributed by atoms with Crippen LogP contribution >= 0.6 is 11.3 Å². The summed E-state index contributed by atoms with van der Waals surface area (Å²) in [5.74, 6) is 0.906. The average molecular weight is 333 g/mol. The number of methoxy groups -OCH3 is 1. The summed E-state index contributed by atoms with van der Waals surface area (Å²) in [7, 11) is 1.64. The fourth-order valence-corrected chi connectivity index (χ4v) is 3.41. The fraction of sp³-hybridized carbons (Fsp3) is 0.444. The molecule has 0 spiro atoms. The molecule has 124 valence electrons. The molecule has 0 unspecified atom stereocenters. The molecule has 2 aromatic rings. The normalized spacial score (nSPS) is 11.1. The molecule has 0 aliphatic rings. The molecule has 0 N–H and O–H groups in total. The molecule has 1 heterocycles. The molecule has 1 aromatic carbocycles. The first-order valence-corrected chi connectivity index (χ1v) is 8.57. The predicted octanol–water partition coefficient (Wildman–Crippen LogP) is 4.58. The van der Waals surface area contributed by atoms with Gasteiger partial charge in [-0.1, -0.05) is 13.8 Å². The highest BCUT2D eigenvalue weighted by atomic mass is 32.1. The fourth-order valence-electron chi connectivity index (χ4n) is 2.15. The second-order valence-corrected chi connectivity index (χ2v) is 7.15. The van der Waals surface area contributed by atoms with Crippen LogP contribution in [0.15, 0.2) is 24.3 Å². The molecule has 0 atom stereocenters. The number of hydrogen-bond acceptors (Lipinski definition) is 5. The highest BCUT2D eigenvalue weighted by Gasteiger charge is 2.21. The summed E-state index contributed by atoms with van der Waals surface area (Å²) >= 11 is 1.56. The summed E-state index contributed by atoms with van der Waals surface area (Å²) in [5, 5.41) is 0.832. The van der Waals surface area contributed by atoms with Crippen LogP contribution in [0, 0.1) is 5.92 Å². The van der Waals surface area contributed by atoms with Crippen LogP contribution in [-0.2, 0) is 11.2 Å². The Hall–Kier alpha value is -1.88. The lowest BCUT2D eigenvalue weighted by atomic mass is 10.1. The van der Waals surface area contributed by atoms with Crippen LogP contribution in [-0.4, -0.2) is 24.2 Å². The maximum absolute atomic E-state index is 12.3. The molecule has 0 saturated carbocycles. The molecule has 4 nitrogen and oxygen atoms in total. The van der Waals surface area contributed by atoms with E-state index in [1.165, 1.54) is 0 Å².